The van der Waals surface area contributed by atoms with Gasteiger partial charge in [0.1, 0.15) is 5.82 Å². The van der Waals surface area contributed by atoms with Crippen molar-refractivity contribution in [1.82, 2.24) is 9.78 Å². The van der Waals surface area contributed by atoms with Gasteiger partial charge >= 0.3 is 0 Å². The number of hydrogen-bond acceptors (Lipinski definition) is 2. The molecule has 3 heteroatoms. The van der Waals surface area contributed by atoms with Crippen LogP contribution in [0.1, 0.15) is 52.1 Å². The molecule has 1 saturated carbocycles. The lowest BCUT2D eigenvalue weighted by Crippen LogP contribution is -2.15. The Morgan fingerprint density at radius 3 is 2.50 bits per heavy atom. The third-order valence-corrected chi connectivity index (χ3v) is 3.49. The van der Waals surface area contributed by atoms with Crippen LogP contribution in [0, 0.1) is 5.92 Å². The lowest BCUT2D eigenvalue weighted by Gasteiger charge is -2.14. The minimum atomic E-state index is 0.0923. The molecule has 1 heterocycles. The molecular formula is C13H23N3. The average Bonchev–Trinajstić information content (AvgIpc) is 2.76. The number of aromatic nitrogens is 2. The first-order valence-electron chi connectivity index (χ1n) is 6.30. The van der Waals surface area contributed by atoms with E-state index in [1.165, 1.54) is 25.7 Å². The molecule has 2 rings (SSSR count). The van der Waals surface area contributed by atoms with E-state index >= 15 is 0 Å². The molecule has 1 fully saturated rings. The number of nitrogens with zero attached hydrogens (tertiary/aromatic N) is 2. The zero-order valence-electron chi connectivity index (χ0n) is 10.7. The molecule has 0 atom stereocenters. The van der Waals surface area contributed by atoms with Crippen LogP contribution in [0.25, 0.3) is 0 Å². The highest BCUT2D eigenvalue weighted by molar-refractivity contribution is 5.33. The number of rotatable bonds is 2. The highest BCUT2D eigenvalue weighted by Gasteiger charge is 2.21. The van der Waals surface area contributed by atoms with Gasteiger partial charge < -0.3 is 5.73 Å². The van der Waals surface area contributed by atoms with Gasteiger partial charge in [0.2, 0.25) is 0 Å². The smallest absolute Gasteiger partial charge is 0.121 e. The molecule has 2 N–H and O–H groups in total. The molecule has 3 nitrogen and oxygen atoms in total. The highest BCUT2D eigenvalue weighted by Crippen LogP contribution is 2.28. The average molecular weight is 221 g/mol. The van der Waals surface area contributed by atoms with E-state index in [4.69, 9.17) is 5.73 Å². The third kappa shape index (κ3) is 2.39. The quantitative estimate of drug-likeness (QED) is 0.834. The fraction of sp³-hybridized carbons (Fsp3) is 0.769. The predicted molar refractivity (Wildman–Crippen MR) is 67.3 cm³/mol. The van der Waals surface area contributed by atoms with E-state index in [-0.39, 0.29) is 5.41 Å². The van der Waals surface area contributed by atoms with Gasteiger partial charge in [-0.15, -0.1) is 0 Å². The summed E-state index contributed by atoms with van der Waals surface area (Å²) in [6.07, 6.45) is 5.42. The van der Waals surface area contributed by atoms with Crippen LogP contribution in [0.3, 0.4) is 0 Å². The van der Waals surface area contributed by atoms with Crippen molar-refractivity contribution >= 4 is 5.82 Å². The Balaban J connectivity index is 2.12. The van der Waals surface area contributed by atoms with Crippen LogP contribution >= 0.6 is 0 Å². The molecule has 0 spiro atoms. The van der Waals surface area contributed by atoms with Gasteiger partial charge in [0.15, 0.2) is 0 Å². The van der Waals surface area contributed by atoms with Gasteiger partial charge in [-0.05, 0) is 18.8 Å². The fourth-order valence-electron chi connectivity index (χ4n) is 2.38. The molecule has 0 radical (unpaired) electrons. The van der Waals surface area contributed by atoms with Gasteiger partial charge in [-0.3, -0.25) is 0 Å². The van der Waals surface area contributed by atoms with Crippen molar-refractivity contribution in [2.75, 3.05) is 5.73 Å². The summed E-state index contributed by atoms with van der Waals surface area (Å²) in [4.78, 5) is 0. The van der Waals surface area contributed by atoms with Crippen molar-refractivity contribution in [3.05, 3.63) is 11.8 Å². The van der Waals surface area contributed by atoms with Crippen molar-refractivity contribution in [3.63, 3.8) is 0 Å². The molecular weight excluding hydrogens is 198 g/mol. The maximum absolute atomic E-state index is 6.02. The van der Waals surface area contributed by atoms with Crippen LogP contribution in [-0.2, 0) is 12.0 Å². The van der Waals surface area contributed by atoms with E-state index in [9.17, 15) is 0 Å². The first-order chi connectivity index (χ1) is 7.47. The Morgan fingerprint density at radius 1 is 1.38 bits per heavy atom. The van der Waals surface area contributed by atoms with Crippen LogP contribution in [0.15, 0.2) is 6.07 Å². The SMILES string of the molecule is CC(C)(C)c1cc(N)n(CC2CCCC2)n1. The summed E-state index contributed by atoms with van der Waals surface area (Å²) in [5.41, 5.74) is 7.21. The standard InChI is InChI=1S/C13H23N3/c1-13(2,3)11-8-12(14)16(15-11)9-10-6-4-5-7-10/h8,10H,4-7,9,14H2,1-3H3. The van der Waals surface area contributed by atoms with Crippen molar-refractivity contribution in [3.8, 4) is 0 Å². The molecule has 1 aromatic rings. The lowest BCUT2D eigenvalue weighted by atomic mass is 9.92. The van der Waals surface area contributed by atoms with E-state index < -0.39 is 0 Å². The second kappa shape index (κ2) is 4.11. The molecule has 1 aliphatic carbocycles. The molecule has 0 aliphatic heterocycles. The Kier molecular flexibility index (Phi) is 2.96. The zero-order chi connectivity index (χ0) is 11.8. The van der Waals surface area contributed by atoms with Crippen LogP contribution in [0.5, 0.6) is 0 Å². The summed E-state index contributed by atoms with van der Waals surface area (Å²) in [5, 5.41) is 4.64. The number of hydrogen-bond donors (Lipinski definition) is 1. The van der Waals surface area contributed by atoms with Gasteiger partial charge in [-0.2, -0.15) is 5.10 Å². The molecule has 0 unspecified atom stereocenters. The van der Waals surface area contributed by atoms with E-state index in [1.54, 1.807) is 0 Å². The van der Waals surface area contributed by atoms with Crippen LogP contribution < -0.4 is 5.73 Å². The monoisotopic (exact) mass is 221 g/mol. The Hall–Kier alpha value is -0.990. The minimum absolute atomic E-state index is 0.0923. The first-order valence-corrected chi connectivity index (χ1v) is 6.30. The van der Waals surface area contributed by atoms with Gasteiger partial charge in [-0.1, -0.05) is 33.6 Å². The summed E-state index contributed by atoms with van der Waals surface area (Å²) >= 11 is 0. The maximum atomic E-state index is 6.02. The lowest BCUT2D eigenvalue weighted by molar-refractivity contribution is 0.424. The van der Waals surface area contributed by atoms with Crippen molar-refractivity contribution in [1.29, 1.82) is 0 Å². The second-order valence-electron chi connectivity index (χ2n) is 6.04. The fourth-order valence-corrected chi connectivity index (χ4v) is 2.38. The van der Waals surface area contributed by atoms with Crippen LogP contribution in [-0.4, -0.2) is 9.78 Å². The third-order valence-electron chi connectivity index (χ3n) is 3.49. The largest absolute Gasteiger partial charge is 0.384 e. The molecule has 0 aromatic carbocycles. The molecule has 0 amide bonds. The summed E-state index contributed by atoms with van der Waals surface area (Å²) in [7, 11) is 0. The van der Waals surface area contributed by atoms with E-state index in [1.807, 2.05) is 10.7 Å². The van der Waals surface area contributed by atoms with Gasteiger partial charge in [0, 0.05) is 18.0 Å². The van der Waals surface area contributed by atoms with Crippen LogP contribution in [0.2, 0.25) is 0 Å². The van der Waals surface area contributed by atoms with Gasteiger partial charge in [-0.25, -0.2) is 4.68 Å². The number of anilines is 1. The Labute approximate surface area is 98.0 Å². The topological polar surface area (TPSA) is 43.8 Å². The van der Waals surface area contributed by atoms with Crippen molar-refractivity contribution < 1.29 is 0 Å². The number of nitrogen functional groups attached to an aromatic ring is 1. The van der Waals surface area contributed by atoms with Crippen molar-refractivity contribution in [2.24, 2.45) is 5.92 Å². The zero-order valence-corrected chi connectivity index (χ0v) is 10.7. The van der Waals surface area contributed by atoms with E-state index in [2.05, 4.69) is 25.9 Å². The number of nitrogens with two attached hydrogens (primary N) is 1. The molecule has 1 aromatic heterocycles. The summed E-state index contributed by atoms with van der Waals surface area (Å²) in [5.74, 6) is 1.60. The molecule has 1 aliphatic rings. The molecule has 0 bridgehead atoms. The van der Waals surface area contributed by atoms with Crippen LogP contribution in [0.4, 0.5) is 5.82 Å². The molecule has 16 heavy (non-hydrogen) atoms. The summed E-state index contributed by atoms with van der Waals surface area (Å²) < 4.78 is 2.00. The van der Waals surface area contributed by atoms with Crippen molar-refractivity contribution in [2.45, 2.75) is 58.4 Å². The Morgan fingerprint density at radius 2 is 2.00 bits per heavy atom. The maximum Gasteiger partial charge on any atom is 0.121 e. The summed E-state index contributed by atoms with van der Waals surface area (Å²) in [6, 6.07) is 2.02. The van der Waals surface area contributed by atoms with Gasteiger partial charge in [0.25, 0.3) is 0 Å². The van der Waals surface area contributed by atoms with E-state index in [0.717, 1.165) is 24.0 Å². The minimum Gasteiger partial charge on any atom is -0.384 e. The highest BCUT2D eigenvalue weighted by atomic mass is 15.3. The normalized spacial score (nSPS) is 18.2. The molecule has 90 valence electrons. The first kappa shape index (κ1) is 11.5. The second-order valence-corrected chi connectivity index (χ2v) is 6.04. The van der Waals surface area contributed by atoms with Gasteiger partial charge in [0.05, 0.1) is 5.69 Å². The Bertz CT molecular complexity index is 354. The van der Waals surface area contributed by atoms with E-state index in [0.29, 0.717) is 0 Å². The molecule has 0 saturated heterocycles. The predicted octanol–water partition coefficient (Wildman–Crippen LogP) is 2.95. The summed E-state index contributed by atoms with van der Waals surface area (Å²) in [6.45, 7) is 7.53.